The topological polar surface area (TPSA) is 168 Å². The zero-order valence-electron chi connectivity index (χ0n) is 18.7. The van der Waals surface area contributed by atoms with Crippen molar-refractivity contribution in [2.24, 2.45) is 11.5 Å². The summed E-state index contributed by atoms with van der Waals surface area (Å²) in [5, 5.41) is 25.5. The molecule has 0 saturated carbocycles. The summed E-state index contributed by atoms with van der Waals surface area (Å²) in [6.07, 6.45) is 0.622. The Balaban J connectivity index is 0.00000306. The van der Waals surface area contributed by atoms with Crippen molar-refractivity contribution >= 4 is 63.3 Å². The molecule has 9 nitrogen and oxygen atoms in total. The smallest absolute Gasteiger partial charge is 0.326 e. The van der Waals surface area contributed by atoms with Gasteiger partial charge in [0.2, 0.25) is 11.8 Å². The first-order valence-electron chi connectivity index (χ1n) is 10.6. The van der Waals surface area contributed by atoms with Crippen LogP contribution in [0.3, 0.4) is 0 Å². The van der Waals surface area contributed by atoms with Crippen LogP contribution >= 0.6 is 45.6 Å². The molecule has 0 saturated heterocycles. The predicted octanol–water partition coefficient (Wildman–Crippen LogP) is 2.09. The summed E-state index contributed by atoms with van der Waals surface area (Å²) in [4.78, 5) is 37.5. The van der Waals surface area contributed by atoms with Crippen molar-refractivity contribution in [3.05, 3.63) is 52.5 Å². The van der Waals surface area contributed by atoms with Gasteiger partial charge in [-0.2, -0.15) is 0 Å². The molecule has 1 heterocycles. The zero-order valence-corrected chi connectivity index (χ0v) is 22.9. The van der Waals surface area contributed by atoms with Crippen molar-refractivity contribution in [3.63, 3.8) is 0 Å². The van der Waals surface area contributed by atoms with Crippen molar-refractivity contribution in [2.45, 2.75) is 43.8 Å². The molecule has 0 fully saturated rings. The maximum Gasteiger partial charge on any atom is 0.326 e. The van der Waals surface area contributed by atoms with E-state index in [2.05, 4.69) is 10.6 Å². The molecule has 4 bridgehead atoms. The Morgan fingerprint density at radius 2 is 1.63 bits per heavy atom. The Bertz CT molecular complexity index is 1070. The highest BCUT2D eigenvalue weighted by molar-refractivity contribution is 8.93. The zero-order chi connectivity index (χ0) is 24.1. The van der Waals surface area contributed by atoms with E-state index in [0.29, 0.717) is 22.6 Å². The summed E-state index contributed by atoms with van der Waals surface area (Å²) in [5.74, 6) is -2.49. The summed E-state index contributed by atoms with van der Waals surface area (Å²) in [7, 11) is 0. The summed E-state index contributed by atoms with van der Waals surface area (Å²) < 4.78 is 0. The number of carbonyl (C=O) groups is 3. The van der Waals surface area contributed by atoms with Gasteiger partial charge in [0.05, 0.1) is 6.04 Å². The van der Waals surface area contributed by atoms with Gasteiger partial charge < -0.3 is 32.3 Å². The number of fused-ring (bicyclic) bond motifs is 5. The molecule has 3 atom stereocenters. The fourth-order valence-electron chi connectivity index (χ4n) is 3.73. The number of carbonyl (C=O) groups excluding carboxylic acids is 2. The highest BCUT2D eigenvalue weighted by Crippen LogP contribution is 2.30. The lowest BCUT2D eigenvalue weighted by molar-refractivity contribution is -0.142. The van der Waals surface area contributed by atoms with Crippen LogP contribution in [0.15, 0.2) is 36.4 Å². The number of phenols is 1. The number of nitrogens with two attached hydrogens (primary N) is 2. The Morgan fingerprint density at radius 3 is 2.26 bits per heavy atom. The van der Waals surface area contributed by atoms with E-state index in [-0.39, 0.29) is 65.5 Å². The van der Waals surface area contributed by atoms with E-state index in [1.54, 1.807) is 30.3 Å². The Kier molecular flexibility index (Phi) is 12.2. The normalized spacial score (nSPS) is 20.1. The van der Waals surface area contributed by atoms with Crippen LogP contribution in [0.4, 0.5) is 0 Å². The molecule has 1 aliphatic heterocycles. The van der Waals surface area contributed by atoms with Gasteiger partial charge >= 0.3 is 5.97 Å². The number of rotatable bonds is 4. The average Bonchev–Trinajstić information content (AvgIpc) is 2.78. The number of hydrogen-bond acceptors (Lipinski definition) is 6. The molecule has 0 unspecified atom stereocenters. The summed E-state index contributed by atoms with van der Waals surface area (Å²) in [5.41, 5.74) is 14.1. The summed E-state index contributed by atoms with van der Waals surface area (Å²) in [6, 6.07) is 6.78. The first-order valence-corrected chi connectivity index (χ1v) is 11.0. The number of carboxylic acids is 1. The van der Waals surface area contributed by atoms with Gasteiger partial charge in [-0.1, -0.05) is 23.7 Å². The number of hydrogen-bond donors (Lipinski definition) is 6. The highest BCUT2D eigenvalue weighted by atomic mass is 79.9. The molecule has 0 radical (unpaired) electrons. The third-order valence-corrected chi connectivity index (χ3v) is 5.97. The molecule has 0 aromatic heterocycles. The number of carboxylic acid groups (broad SMARTS) is 1. The molecular weight excluding hydrogens is 608 g/mol. The van der Waals surface area contributed by atoms with E-state index in [4.69, 9.17) is 23.1 Å². The van der Waals surface area contributed by atoms with Gasteiger partial charge in [0.25, 0.3) is 0 Å². The second-order valence-electron chi connectivity index (χ2n) is 8.06. The minimum absolute atomic E-state index is 0. The van der Waals surface area contributed by atoms with Crippen LogP contribution in [0, 0.1) is 0 Å². The third-order valence-electron chi connectivity index (χ3n) is 5.60. The van der Waals surface area contributed by atoms with Crippen LogP contribution in [0.1, 0.15) is 24.0 Å². The maximum atomic E-state index is 12.9. The van der Waals surface area contributed by atoms with Crippen LogP contribution in [0.5, 0.6) is 5.75 Å². The van der Waals surface area contributed by atoms with Gasteiger partial charge in [-0.3, -0.25) is 9.59 Å². The predicted molar refractivity (Wildman–Crippen MR) is 144 cm³/mol. The number of halogens is 3. The largest absolute Gasteiger partial charge is 0.508 e. The van der Waals surface area contributed by atoms with E-state index in [0.717, 1.165) is 11.1 Å². The minimum Gasteiger partial charge on any atom is -0.508 e. The summed E-state index contributed by atoms with van der Waals surface area (Å²) >= 11 is 6.33. The van der Waals surface area contributed by atoms with E-state index in [9.17, 15) is 24.6 Å². The Hall–Kier alpha value is -2.18. The number of nitrogens with one attached hydrogen (secondary N) is 2. The second-order valence-corrected chi connectivity index (χ2v) is 8.46. The number of aliphatic carboxylic acids is 1. The number of amides is 2. The molecular formula is C23H29Br2ClN4O5. The molecule has 2 amide bonds. The first kappa shape index (κ1) is 30.9. The van der Waals surface area contributed by atoms with E-state index >= 15 is 0 Å². The molecule has 0 aliphatic carbocycles. The lowest BCUT2D eigenvalue weighted by Gasteiger charge is -2.23. The number of benzene rings is 2. The van der Waals surface area contributed by atoms with Gasteiger partial charge in [-0.15, -0.1) is 34.0 Å². The van der Waals surface area contributed by atoms with Crippen LogP contribution in [-0.4, -0.2) is 52.7 Å². The maximum absolute atomic E-state index is 12.9. The molecule has 2 aromatic carbocycles. The summed E-state index contributed by atoms with van der Waals surface area (Å²) in [6.45, 7) is 0.289. The molecule has 2 aromatic rings. The number of aromatic hydroxyl groups is 1. The van der Waals surface area contributed by atoms with E-state index in [1.165, 1.54) is 6.07 Å². The quantitative estimate of drug-likeness (QED) is 0.299. The Morgan fingerprint density at radius 1 is 1.00 bits per heavy atom. The molecule has 35 heavy (non-hydrogen) atoms. The van der Waals surface area contributed by atoms with Gasteiger partial charge in [-0.05, 0) is 65.9 Å². The van der Waals surface area contributed by atoms with Gasteiger partial charge in [0.1, 0.15) is 17.8 Å². The first-order chi connectivity index (χ1) is 15.7. The second kappa shape index (κ2) is 13.8. The monoisotopic (exact) mass is 634 g/mol. The molecule has 3 rings (SSSR count). The lowest BCUT2D eigenvalue weighted by Crippen LogP contribution is -2.55. The van der Waals surface area contributed by atoms with Gasteiger partial charge in [0.15, 0.2) is 0 Å². The van der Waals surface area contributed by atoms with Crippen LogP contribution < -0.4 is 22.1 Å². The molecule has 192 valence electrons. The molecule has 1 aliphatic rings. The highest BCUT2D eigenvalue weighted by Gasteiger charge is 2.29. The van der Waals surface area contributed by atoms with Crippen molar-refractivity contribution in [2.75, 3.05) is 6.54 Å². The van der Waals surface area contributed by atoms with Gasteiger partial charge in [0, 0.05) is 17.9 Å². The van der Waals surface area contributed by atoms with E-state index < -0.39 is 35.9 Å². The van der Waals surface area contributed by atoms with Crippen molar-refractivity contribution in [3.8, 4) is 16.9 Å². The van der Waals surface area contributed by atoms with Crippen molar-refractivity contribution < 1.29 is 24.6 Å². The fraction of sp³-hybridized carbons (Fsp3) is 0.348. The van der Waals surface area contributed by atoms with Crippen molar-refractivity contribution in [1.82, 2.24) is 10.6 Å². The van der Waals surface area contributed by atoms with Gasteiger partial charge in [-0.25, -0.2) is 4.79 Å². The minimum atomic E-state index is -1.27. The standard InChI is InChI=1S/C23H27ClN4O5.2BrH/c24-16-5-3-12-8-14(16)11-19(23(32)33)28-22(31)18(2-1-7-25)27-21(30)17(26)10-15-9-13(12)4-6-20(15)29;;/h3-6,8-9,17-19,29H,1-2,7,10-11,25-26H2,(H,27,30)(H,28,31)(H,32,33);2*1H/t17-,18-,19-;;/m0../s1. The van der Waals surface area contributed by atoms with Crippen LogP contribution in [0.25, 0.3) is 11.1 Å². The average molecular weight is 637 g/mol. The lowest BCUT2D eigenvalue weighted by atomic mass is 9.96. The number of phenolic OH excluding ortho intramolecular Hbond substituents is 1. The Labute approximate surface area is 229 Å². The fourth-order valence-corrected chi connectivity index (χ4v) is 3.93. The molecule has 0 spiro atoms. The SMILES string of the molecule is Br.Br.NCCC[C@@H]1NC(=O)[C@@H](N)Cc2cc(ccc2O)-c2ccc(Cl)c(c2)C[C@@H](C(=O)O)NC1=O. The molecule has 12 heteroatoms. The van der Waals surface area contributed by atoms with Crippen molar-refractivity contribution in [1.29, 1.82) is 0 Å². The van der Waals surface area contributed by atoms with Crippen LogP contribution in [-0.2, 0) is 27.2 Å². The van der Waals surface area contributed by atoms with E-state index in [1.807, 2.05) is 0 Å². The van der Waals surface area contributed by atoms with Crippen LogP contribution in [0.2, 0.25) is 5.02 Å². The third kappa shape index (κ3) is 7.91. The molecule has 8 N–H and O–H groups in total.